The molecule has 0 aromatic heterocycles. The van der Waals surface area contributed by atoms with Crippen LogP contribution in [0.2, 0.25) is 0 Å². The first-order valence-electron chi connectivity index (χ1n) is 12.3. The molecule has 1 fully saturated rings. The molecule has 0 spiro atoms. The van der Waals surface area contributed by atoms with Gasteiger partial charge in [-0.3, -0.25) is 4.79 Å². The fourth-order valence-electron chi connectivity index (χ4n) is 5.58. The number of ether oxygens (including phenoxy) is 1. The zero-order chi connectivity index (χ0) is 25.2. The van der Waals surface area contributed by atoms with Gasteiger partial charge in [0.25, 0.3) is 0 Å². The largest absolute Gasteiger partial charge is 0.480 e. The van der Waals surface area contributed by atoms with Gasteiger partial charge in [-0.25, -0.2) is 9.59 Å². The molecule has 2 aliphatic rings. The summed E-state index contributed by atoms with van der Waals surface area (Å²) in [6.45, 7) is 5.64. The van der Waals surface area contributed by atoms with Crippen LogP contribution in [0.15, 0.2) is 48.5 Å². The van der Waals surface area contributed by atoms with Gasteiger partial charge in [-0.05, 0) is 54.9 Å². The van der Waals surface area contributed by atoms with Gasteiger partial charge in [-0.1, -0.05) is 68.3 Å². The van der Waals surface area contributed by atoms with Crippen LogP contribution in [0.1, 0.15) is 69.9 Å². The quantitative estimate of drug-likeness (QED) is 0.528. The highest BCUT2D eigenvalue weighted by atomic mass is 16.5. The Hall–Kier alpha value is -3.35. The molecular formula is C28H34N2O5. The van der Waals surface area contributed by atoms with E-state index in [1.165, 1.54) is 0 Å². The highest BCUT2D eigenvalue weighted by Gasteiger charge is 2.43. The lowest BCUT2D eigenvalue weighted by Crippen LogP contribution is -2.58. The molecule has 0 radical (unpaired) electrons. The van der Waals surface area contributed by atoms with E-state index in [1.807, 2.05) is 31.2 Å². The van der Waals surface area contributed by atoms with Crippen molar-refractivity contribution < 1.29 is 24.2 Å². The van der Waals surface area contributed by atoms with E-state index in [9.17, 15) is 19.5 Å². The lowest BCUT2D eigenvalue weighted by molar-refractivity contribution is -0.150. The Morgan fingerprint density at radius 3 is 2.23 bits per heavy atom. The average molecular weight is 479 g/mol. The van der Waals surface area contributed by atoms with Gasteiger partial charge < -0.3 is 20.5 Å². The van der Waals surface area contributed by atoms with Crippen LogP contribution in [-0.2, 0) is 14.3 Å². The van der Waals surface area contributed by atoms with E-state index in [4.69, 9.17) is 4.74 Å². The highest BCUT2D eigenvalue weighted by molar-refractivity contribution is 5.88. The van der Waals surface area contributed by atoms with Gasteiger partial charge in [0, 0.05) is 17.9 Å². The molecule has 1 saturated carbocycles. The van der Waals surface area contributed by atoms with E-state index in [1.54, 1.807) is 13.8 Å². The lowest BCUT2D eigenvalue weighted by Gasteiger charge is -2.38. The normalized spacial score (nSPS) is 21.5. The van der Waals surface area contributed by atoms with Crippen LogP contribution in [0, 0.1) is 5.92 Å². The molecule has 186 valence electrons. The number of nitrogens with one attached hydrogen (secondary N) is 2. The summed E-state index contributed by atoms with van der Waals surface area (Å²) >= 11 is 0. The van der Waals surface area contributed by atoms with Crippen molar-refractivity contribution >= 4 is 18.0 Å². The van der Waals surface area contributed by atoms with E-state index in [2.05, 4.69) is 34.9 Å². The summed E-state index contributed by atoms with van der Waals surface area (Å²) in [4.78, 5) is 37.4. The Morgan fingerprint density at radius 2 is 1.66 bits per heavy atom. The molecule has 0 saturated heterocycles. The van der Waals surface area contributed by atoms with E-state index < -0.39 is 29.0 Å². The number of rotatable bonds is 7. The molecule has 0 aliphatic heterocycles. The number of fused-ring (bicyclic) bond motifs is 3. The predicted octanol–water partition coefficient (Wildman–Crippen LogP) is 4.84. The summed E-state index contributed by atoms with van der Waals surface area (Å²) in [5.41, 5.74) is 2.40. The van der Waals surface area contributed by atoms with Crippen LogP contribution < -0.4 is 10.6 Å². The minimum absolute atomic E-state index is 0.0525. The van der Waals surface area contributed by atoms with Gasteiger partial charge in [-0.15, -0.1) is 0 Å². The number of amides is 2. The van der Waals surface area contributed by atoms with Crippen LogP contribution in [0.4, 0.5) is 4.79 Å². The predicted molar refractivity (Wildman–Crippen MR) is 133 cm³/mol. The number of carbonyl (C=O) groups excluding carboxylic acids is 2. The van der Waals surface area contributed by atoms with Crippen molar-refractivity contribution in [2.45, 2.75) is 69.9 Å². The second-order valence-corrected chi connectivity index (χ2v) is 10.6. The van der Waals surface area contributed by atoms with Crippen molar-refractivity contribution in [1.82, 2.24) is 10.6 Å². The summed E-state index contributed by atoms with van der Waals surface area (Å²) in [5, 5.41) is 15.3. The van der Waals surface area contributed by atoms with E-state index in [-0.39, 0.29) is 24.9 Å². The molecular weight excluding hydrogens is 444 g/mol. The molecule has 3 N–H and O–H groups in total. The maximum atomic E-state index is 12.8. The molecule has 7 nitrogen and oxygen atoms in total. The SMILES string of the molecule is CC1CCCC(NC(=O)CC(C)(C)NC(=O)OCC2c3ccccc3-c3ccccc32)(C(=O)O)C1. The minimum Gasteiger partial charge on any atom is -0.480 e. The van der Waals surface area contributed by atoms with Crippen LogP contribution in [0.3, 0.4) is 0 Å². The van der Waals surface area contributed by atoms with Crippen molar-refractivity contribution in [3.63, 3.8) is 0 Å². The van der Waals surface area contributed by atoms with Crippen molar-refractivity contribution in [1.29, 1.82) is 0 Å². The Morgan fingerprint density at radius 1 is 1.06 bits per heavy atom. The smallest absolute Gasteiger partial charge is 0.407 e. The van der Waals surface area contributed by atoms with Gasteiger partial charge >= 0.3 is 12.1 Å². The summed E-state index contributed by atoms with van der Waals surface area (Å²) in [5.74, 6) is -1.22. The zero-order valence-electron chi connectivity index (χ0n) is 20.6. The Labute approximate surface area is 206 Å². The number of carboxylic acid groups (broad SMARTS) is 1. The number of hydrogen-bond acceptors (Lipinski definition) is 4. The number of alkyl carbamates (subject to hydrolysis) is 1. The Balaban J connectivity index is 1.35. The second-order valence-electron chi connectivity index (χ2n) is 10.6. The number of hydrogen-bond donors (Lipinski definition) is 3. The van der Waals surface area contributed by atoms with E-state index in [0.29, 0.717) is 12.8 Å². The van der Waals surface area contributed by atoms with Crippen LogP contribution >= 0.6 is 0 Å². The lowest BCUT2D eigenvalue weighted by atomic mass is 9.76. The topological polar surface area (TPSA) is 105 Å². The summed E-state index contributed by atoms with van der Waals surface area (Å²) in [6, 6.07) is 16.2. The molecule has 2 unspecified atom stereocenters. The van der Waals surface area contributed by atoms with Crippen LogP contribution in [0.25, 0.3) is 11.1 Å². The summed E-state index contributed by atoms with van der Waals surface area (Å²) < 4.78 is 5.60. The van der Waals surface area contributed by atoms with Crippen molar-refractivity contribution in [2.75, 3.05) is 6.61 Å². The fraction of sp³-hybridized carbons (Fsp3) is 0.464. The third-order valence-electron chi connectivity index (χ3n) is 7.17. The molecule has 35 heavy (non-hydrogen) atoms. The van der Waals surface area contributed by atoms with Gasteiger partial charge in [0.1, 0.15) is 12.1 Å². The first-order chi connectivity index (χ1) is 16.6. The molecule has 4 rings (SSSR count). The molecule has 0 bridgehead atoms. The third-order valence-corrected chi connectivity index (χ3v) is 7.17. The average Bonchev–Trinajstić information content (AvgIpc) is 3.10. The van der Waals surface area contributed by atoms with E-state index >= 15 is 0 Å². The Bertz CT molecular complexity index is 1080. The zero-order valence-corrected chi connectivity index (χ0v) is 20.6. The second kappa shape index (κ2) is 9.72. The molecule has 0 heterocycles. The van der Waals surface area contributed by atoms with Crippen molar-refractivity contribution in [3.8, 4) is 11.1 Å². The maximum Gasteiger partial charge on any atom is 0.407 e. The summed E-state index contributed by atoms with van der Waals surface area (Å²) in [7, 11) is 0. The third kappa shape index (κ3) is 5.34. The standard InChI is InChI=1S/C28H34N2O5/c1-18-9-8-14-28(15-18,25(32)33)29-24(31)16-27(2,3)30-26(34)35-17-23-21-12-6-4-10-19(21)20-11-5-7-13-22(20)23/h4-7,10-13,18,23H,8-9,14-17H2,1-3H3,(H,29,31)(H,30,34)(H,32,33). The van der Waals surface area contributed by atoms with Crippen molar-refractivity contribution in [3.05, 3.63) is 59.7 Å². The molecule has 2 atom stereocenters. The molecule has 2 aliphatic carbocycles. The van der Waals surface area contributed by atoms with Gasteiger partial charge in [0.2, 0.25) is 5.91 Å². The highest BCUT2D eigenvalue weighted by Crippen LogP contribution is 2.44. The monoisotopic (exact) mass is 478 g/mol. The van der Waals surface area contributed by atoms with E-state index in [0.717, 1.165) is 35.1 Å². The minimum atomic E-state index is -1.24. The first-order valence-corrected chi connectivity index (χ1v) is 12.3. The summed E-state index contributed by atoms with van der Waals surface area (Å²) in [6.07, 6.45) is 1.88. The molecule has 2 aromatic rings. The maximum absolute atomic E-state index is 12.8. The van der Waals surface area contributed by atoms with Crippen LogP contribution in [-0.4, -0.2) is 40.8 Å². The molecule has 7 heteroatoms. The Kier molecular flexibility index (Phi) is 6.88. The molecule has 2 aromatic carbocycles. The van der Waals surface area contributed by atoms with Gasteiger partial charge in [0.15, 0.2) is 0 Å². The number of carboxylic acids is 1. The first kappa shape index (κ1) is 24.8. The number of benzene rings is 2. The fourth-order valence-corrected chi connectivity index (χ4v) is 5.58. The van der Waals surface area contributed by atoms with Crippen molar-refractivity contribution in [2.24, 2.45) is 5.92 Å². The number of carbonyl (C=O) groups is 3. The number of aliphatic carboxylic acids is 1. The van der Waals surface area contributed by atoms with Crippen LogP contribution in [0.5, 0.6) is 0 Å². The van der Waals surface area contributed by atoms with Gasteiger partial charge in [-0.2, -0.15) is 0 Å². The van der Waals surface area contributed by atoms with Gasteiger partial charge in [0.05, 0.1) is 0 Å². The molecule has 2 amide bonds.